The van der Waals surface area contributed by atoms with Crippen LogP contribution in [0.1, 0.15) is 6.42 Å². The number of fused-ring (bicyclic) bond motifs is 3. The van der Waals surface area contributed by atoms with Crippen LogP contribution in [0.3, 0.4) is 0 Å². The first-order valence-electron chi connectivity index (χ1n) is 7.72. The van der Waals surface area contributed by atoms with E-state index in [2.05, 4.69) is 9.47 Å². The molecular formula is C18H17ClN3O+. The van der Waals surface area contributed by atoms with Gasteiger partial charge in [-0.25, -0.2) is 0 Å². The second-order valence-electron chi connectivity index (χ2n) is 5.89. The Hall–Kier alpha value is -2.33. The highest BCUT2D eigenvalue weighted by molar-refractivity contribution is 6.30. The van der Waals surface area contributed by atoms with Gasteiger partial charge in [-0.2, -0.15) is 0 Å². The van der Waals surface area contributed by atoms with Crippen molar-refractivity contribution in [2.24, 2.45) is 0 Å². The maximum atomic E-state index is 13.1. The van der Waals surface area contributed by atoms with E-state index in [0.29, 0.717) is 16.2 Å². The monoisotopic (exact) mass is 326 g/mol. The quantitative estimate of drug-likeness (QED) is 0.638. The number of para-hydroxylation sites is 2. The summed E-state index contributed by atoms with van der Waals surface area (Å²) in [5, 5.41) is 0.668. The molecule has 4 nitrogen and oxygen atoms in total. The second-order valence-corrected chi connectivity index (χ2v) is 6.33. The lowest BCUT2D eigenvalue weighted by Gasteiger charge is -2.29. The normalized spacial score (nSPS) is 14.1. The summed E-state index contributed by atoms with van der Waals surface area (Å²) in [5.74, 6) is 0.965. The highest BCUT2D eigenvalue weighted by atomic mass is 35.5. The van der Waals surface area contributed by atoms with Crippen molar-refractivity contribution in [1.82, 2.24) is 4.57 Å². The Labute approximate surface area is 139 Å². The number of rotatable bonds is 1. The van der Waals surface area contributed by atoms with Gasteiger partial charge in [0.1, 0.15) is 5.52 Å². The van der Waals surface area contributed by atoms with E-state index in [4.69, 9.17) is 11.6 Å². The maximum absolute atomic E-state index is 13.1. The maximum Gasteiger partial charge on any atom is 0.311 e. The molecule has 3 aromatic rings. The van der Waals surface area contributed by atoms with E-state index in [1.54, 1.807) is 0 Å². The molecule has 1 aliphatic heterocycles. The molecular weight excluding hydrogens is 310 g/mol. The van der Waals surface area contributed by atoms with Crippen molar-refractivity contribution in [3.63, 3.8) is 0 Å². The van der Waals surface area contributed by atoms with Crippen LogP contribution in [-0.2, 0) is 6.54 Å². The number of aromatic nitrogens is 2. The molecule has 1 aliphatic rings. The lowest BCUT2D eigenvalue weighted by Crippen LogP contribution is -2.35. The molecule has 0 N–H and O–H groups in total. The zero-order valence-corrected chi connectivity index (χ0v) is 13.6. The number of nitrogens with zero attached hydrogens (tertiary/aromatic N) is 3. The third-order valence-electron chi connectivity index (χ3n) is 4.42. The van der Waals surface area contributed by atoms with Gasteiger partial charge in [-0.15, -0.1) is 0 Å². The van der Waals surface area contributed by atoms with E-state index in [0.717, 1.165) is 40.8 Å². The highest BCUT2D eigenvalue weighted by Crippen LogP contribution is 2.33. The molecule has 0 bridgehead atoms. The van der Waals surface area contributed by atoms with Gasteiger partial charge in [0.25, 0.3) is 5.52 Å². The van der Waals surface area contributed by atoms with E-state index in [1.807, 2.05) is 55.6 Å². The molecule has 0 saturated heterocycles. The van der Waals surface area contributed by atoms with Crippen LogP contribution in [0.15, 0.2) is 48.5 Å². The van der Waals surface area contributed by atoms with Crippen LogP contribution >= 0.6 is 11.6 Å². The van der Waals surface area contributed by atoms with Gasteiger partial charge in [-0.05, 0) is 36.8 Å². The number of anilines is 1. The summed E-state index contributed by atoms with van der Waals surface area (Å²) < 4.78 is 3.30. The van der Waals surface area contributed by atoms with Crippen molar-refractivity contribution in [1.29, 1.82) is 0 Å². The second kappa shape index (κ2) is 5.39. The van der Waals surface area contributed by atoms with Gasteiger partial charge in [-0.1, -0.05) is 23.7 Å². The molecule has 23 heavy (non-hydrogen) atoms. The van der Waals surface area contributed by atoms with Gasteiger partial charge in [-0.3, -0.25) is 0 Å². The fraction of sp³-hybridized carbons (Fsp3) is 0.222. The first kappa shape index (κ1) is 14.3. The van der Waals surface area contributed by atoms with Gasteiger partial charge in [0.2, 0.25) is 0 Å². The third-order valence-corrected chi connectivity index (χ3v) is 4.67. The highest BCUT2D eigenvalue weighted by Gasteiger charge is 2.30. The van der Waals surface area contributed by atoms with Crippen molar-refractivity contribution in [3.8, 4) is 11.3 Å². The van der Waals surface area contributed by atoms with Gasteiger partial charge in [0.15, 0.2) is 5.82 Å². The topological polar surface area (TPSA) is 31.1 Å². The summed E-state index contributed by atoms with van der Waals surface area (Å²) in [6.45, 7) is 1.86. The van der Waals surface area contributed by atoms with Crippen molar-refractivity contribution in [3.05, 3.63) is 58.5 Å². The number of hydrogen-bond acceptors (Lipinski definition) is 2. The number of aryl methyl sites for hydroxylation is 1. The molecule has 0 unspecified atom stereocenters. The molecule has 4 rings (SSSR count). The summed E-state index contributed by atoms with van der Waals surface area (Å²) in [4.78, 5) is 15.2. The fourth-order valence-corrected chi connectivity index (χ4v) is 3.48. The van der Waals surface area contributed by atoms with Gasteiger partial charge in [0, 0.05) is 36.1 Å². The standard InChI is InChI=1S/C18H17ClN3O/c1-20-11-4-12-21-15-5-2-3-6-16(15)22(23)17(18(20)21)13-7-9-14(19)10-8-13/h2-3,5-10H,4,11-12H2,1H3/q+1. The average molecular weight is 327 g/mol. The molecule has 2 aromatic carbocycles. The minimum atomic E-state index is 0.668. The van der Waals surface area contributed by atoms with E-state index < -0.39 is 0 Å². The van der Waals surface area contributed by atoms with Crippen molar-refractivity contribution < 1.29 is 4.43 Å². The van der Waals surface area contributed by atoms with Crippen LogP contribution in [0.4, 0.5) is 5.82 Å². The third kappa shape index (κ3) is 2.21. The zero-order chi connectivity index (χ0) is 16.0. The Bertz CT molecular complexity index is 947. The molecule has 0 atom stereocenters. The summed E-state index contributed by atoms with van der Waals surface area (Å²) in [5.41, 5.74) is 3.23. The Balaban J connectivity index is 2.14. The predicted molar refractivity (Wildman–Crippen MR) is 93.6 cm³/mol. The molecule has 0 spiro atoms. The number of halogens is 1. The molecule has 5 heteroatoms. The average Bonchev–Trinajstić information content (AvgIpc) is 2.57. The van der Waals surface area contributed by atoms with Crippen molar-refractivity contribution in [2.75, 3.05) is 18.5 Å². The van der Waals surface area contributed by atoms with Gasteiger partial charge < -0.3 is 9.47 Å². The van der Waals surface area contributed by atoms with Gasteiger partial charge >= 0.3 is 5.69 Å². The van der Waals surface area contributed by atoms with E-state index >= 15 is 0 Å². The smallest absolute Gasteiger partial charge is 0.311 e. The molecule has 1 aromatic heterocycles. The van der Waals surface area contributed by atoms with E-state index in [9.17, 15) is 4.91 Å². The predicted octanol–water partition coefficient (Wildman–Crippen LogP) is 3.72. The minimum Gasteiger partial charge on any atom is -0.355 e. The number of hydrogen-bond donors (Lipinski definition) is 0. The summed E-state index contributed by atoms with van der Waals surface area (Å²) in [6, 6.07) is 15.2. The molecule has 2 heterocycles. The van der Waals surface area contributed by atoms with E-state index in [1.165, 1.54) is 0 Å². The molecule has 116 valence electrons. The molecule has 0 saturated carbocycles. The Morgan fingerprint density at radius 3 is 2.57 bits per heavy atom. The fourth-order valence-electron chi connectivity index (χ4n) is 3.36. The van der Waals surface area contributed by atoms with Crippen LogP contribution in [0.5, 0.6) is 0 Å². The summed E-state index contributed by atoms with van der Waals surface area (Å²) in [6.07, 6.45) is 1.07. The molecule has 0 aliphatic carbocycles. The minimum absolute atomic E-state index is 0.668. The molecule has 0 fully saturated rings. The van der Waals surface area contributed by atoms with Gasteiger partial charge in [0.05, 0.1) is 9.99 Å². The molecule has 0 radical (unpaired) electrons. The summed E-state index contributed by atoms with van der Waals surface area (Å²) in [7, 11) is 2.04. The van der Waals surface area contributed by atoms with Crippen molar-refractivity contribution in [2.45, 2.75) is 13.0 Å². The molecule has 0 amide bonds. The first-order valence-corrected chi connectivity index (χ1v) is 8.10. The van der Waals surface area contributed by atoms with Crippen LogP contribution in [-0.4, -0.2) is 18.2 Å². The zero-order valence-electron chi connectivity index (χ0n) is 12.9. The van der Waals surface area contributed by atoms with Crippen LogP contribution in [0, 0.1) is 4.91 Å². The van der Waals surface area contributed by atoms with Crippen molar-refractivity contribution >= 4 is 28.5 Å². The Morgan fingerprint density at radius 1 is 1.04 bits per heavy atom. The Morgan fingerprint density at radius 2 is 1.78 bits per heavy atom. The SMILES string of the molecule is CN1CCCn2c1c(-c1ccc(Cl)cc1)[n+](=O)c1ccccc12. The van der Waals surface area contributed by atoms with E-state index in [-0.39, 0.29) is 0 Å². The first-order chi connectivity index (χ1) is 11.2. The van der Waals surface area contributed by atoms with Crippen LogP contribution < -0.4 is 9.33 Å². The van der Waals surface area contributed by atoms with Crippen LogP contribution in [0.25, 0.3) is 22.3 Å². The Kier molecular flexibility index (Phi) is 3.34. The lowest BCUT2D eigenvalue weighted by molar-refractivity contribution is -0.451. The van der Waals surface area contributed by atoms with Crippen LogP contribution in [0.2, 0.25) is 5.02 Å². The lowest BCUT2D eigenvalue weighted by atomic mass is 10.1. The largest absolute Gasteiger partial charge is 0.355 e. The summed E-state index contributed by atoms with van der Waals surface area (Å²) >= 11 is 6.01. The number of benzene rings is 2.